The number of aromatic nitrogens is 4. The molecule has 0 N–H and O–H groups in total. The molecule has 0 saturated carbocycles. The molecule has 0 unspecified atom stereocenters. The highest BCUT2D eigenvalue weighted by atomic mass is 32.1. The third kappa shape index (κ3) is 5.73. The lowest BCUT2D eigenvalue weighted by Crippen LogP contribution is -2.03. The van der Waals surface area contributed by atoms with E-state index in [0.29, 0.717) is 22.8 Å². The third-order valence-corrected chi connectivity index (χ3v) is 13.2. The highest BCUT2D eigenvalue weighted by Gasteiger charge is 2.20. The SMILES string of the molecule is [2H]c1c([2H])c([2H])c(-c2nc(-c3ccc(-c4cccc5c4sc4ccc(-c6cccc7c6oc6ccccc67)cc45)cc3)nc(-c3ccccc3-n3c4ccccc4c4ccccc43)n2)c([2H])c1[2H]. The fourth-order valence-electron chi connectivity index (χ4n) is 9.11. The van der Waals surface area contributed by atoms with Gasteiger partial charge in [0, 0.05) is 64.0 Å². The van der Waals surface area contributed by atoms with E-state index in [1.54, 1.807) is 11.3 Å². The van der Waals surface area contributed by atoms with E-state index in [0.717, 1.165) is 77.1 Å². The van der Waals surface area contributed by atoms with Gasteiger partial charge in [-0.1, -0.05) is 164 Å². The molecule has 0 fully saturated rings. The van der Waals surface area contributed by atoms with Crippen molar-refractivity contribution >= 4 is 75.3 Å². The molecule has 0 amide bonds. The molecular weight excluding hydrogens is 789 g/mol. The van der Waals surface area contributed by atoms with Crippen LogP contribution in [0.5, 0.6) is 0 Å². The summed E-state index contributed by atoms with van der Waals surface area (Å²) in [6.07, 6.45) is 0. The maximum absolute atomic E-state index is 8.92. The van der Waals surface area contributed by atoms with Crippen molar-refractivity contribution in [1.82, 2.24) is 19.5 Å². The second-order valence-corrected chi connectivity index (χ2v) is 16.6. The fourth-order valence-corrected chi connectivity index (χ4v) is 10.3. The summed E-state index contributed by atoms with van der Waals surface area (Å²) in [7, 11) is 0. The first-order chi connectivity index (χ1) is 33.3. The number of hydrogen-bond donors (Lipinski definition) is 0. The van der Waals surface area contributed by atoms with E-state index in [1.165, 1.54) is 14.8 Å². The Labute approximate surface area is 372 Å². The third-order valence-electron chi connectivity index (χ3n) is 12.0. The summed E-state index contributed by atoms with van der Waals surface area (Å²) in [5.41, 5.74) is 10.1. The van der Waals surface area contributed by atoms with Crippen molar-refractivity contribution in [3.05, 3.63) is 206 Å². The van der Waals surface area contributed by atoms with Gasteiger partial charge in [0.1, 0.15) is 11.2 Å². The van der Waals surface area contributed by atoms with E-state index in [1.807, 2.05) is 78.9 Å². The first kappa shape index (κ1) is 30.8. The Morgan fingerprint density at radius 1 is 0.429 bits per heavy atom. The van der Waals surface area contributed by atoms with Gasteiger partial charge in [0.15, 0.2) is 17.5 Å². The van der Waals surface area contributed by atoms with E-state index in [9.17, 15) is 0 Å². The second-order valence-electron chi connectivity index (χ2n) is 15.5. The zero-order valence-electron chi connectivity index (χ0n) is 38.3. The summed E-state index contributed by atoms with van der Waals surface area (Å²) in [6.45, 7) is 0. The minimum absolute atomic E-state index is 0.0194. The van der Waals surface area contributed by atoms with Crippen LogP contribution in [0.15, 0.2) is 211 Å². The van der Waals surface area contributed by atoms with Crippen LogP contribution >= 0.6 is 11.3 Å². The number of rotatable bonds is 6. The van der Waals surface area contributed by atoms with Gasteiger partial charge in [0.25, 0.3) is 0 Å². The summed E-state index contributed by atoms with van der Waals surface area (Å²) < 4.78 is 54.1. The molecule has 13 rings (SSSR count). The van der Waals surface area contributed by atoms with Crippen LogP contribution in [0.4, 0.5) is 0 Å². The number of thiophene rings is 1. The quantitative estimate of drug-likeness (QED) is 0.168. The Kier molecular flexibility index (Phi) is 6.94. The average Bonchev–Trinajstić information content (AvgIpc) is 4.07. The maximum Gasteiger partial charge on any atom is 0.166 e. The predicted octanol–water partition coefficient (Wildman–Crippen LogP) is 15.6. The van der Waals surface area contributed by atoms with Crippen molar-refractivity contribution in [2.24, 2.45) is 0 Å². The van der Waals surface area contributed by atoms with Crippen LogP contribution in [0, 0.1) is 0 Å². The van der Waals surface area contributed by atoms with Gasteiger partial charge >= 0.3 is 0 Å². The molecule has 0 saturated heterocycles. The molecule has 0 radical (unpaired) electrons. The first-order valence-electron chi connectivity index (χ1n) is 23.2. The highest BCUT2D eigenvalue weighted by molar-refractivity contribution is 7.26. The van der Waals surface area contributed by atoms with E-state index in [4.69, 9.17) is 26.2 Å². The molecule has 13 aromatic rings. The molecule has 0 atom stereocenters. The summed E-state index contributed by atoms with van der Waals surface area (Å²) >= 11 is 1.76. The predicted molar refractivity (Wildman–Crippen MR) is 262 cm³/mol. The van der Waals surface area contributed by atoms with Crippen LogP contribution in [0.3, 0.4) is 0 Å². The Morgan fingerprint density at radius 2 is 1.02 bits per heavy atom. The molecule has 0 aliphatic heterocycles. The summed E-state index contributed by atoms with van der Waals surface area (Å²) in [5, 5.41) is 6.74. The van der Waals surface area contributed by atoms with Gasteiger partial charge in [-0.05, 0) is 59.2 Å². The van der Waals surface area contributed by atoms with Crippen molar-refractivity contribution in [3.63, 3.8) is 0 Å². The maximum atomic E-state index is 8.92. The fraction of sp³-hybridized carbons (Fsp3) is 0. The van der Waals surface area contributed by atoms with E-state index in [-0.39, 0.29) is 23.5 Å². The molecule has 6 heteroatoms. The molecule has 63 heavy (non-hydrogen) atoms. The van der Waals surface area contributed by atoms with Gasteiger partial charge in [-0.15, -0.1) is 11.3 Å². The molecular formula is C57H34N4OS. The average molecular weight is 828 g/mol. The van der Waals surface area contributed by atoms with Crippen LogP contribution < -0.4 is 0 Å². The summed E-state index contributed by atoms with van der Waals surface area (Å²) in [6, 6.07) is 57.8. The van der Waals surface area contributed by atoms with Gasteiger partial charge in [-0.2, -0.15) is 0 Å². The topological polar surface area (TPSA) is 56.7 Å². The Hall–Kier alpha value is -8.19. The standard InChI is InChI=1S/C57H34N4OS/c1-2-14-36(15-3-1)55-58-56(60-57(59-55)46-19-6-10-26-50(46)61-48-24-8-4-16-41(48)42-17-5-9-25-49(42)61)37-30-28-35(29-31-37)40-21-13-23-45-47-34-38(32-33-52(47)63-54(40)45)39-20-12-22-44-43-18-7-11-27-51(43)62-53(39)44/h1-34H/i1D,2D,3D,14D,15D. The molecule has 0 bridgehead atoms. The van der Waals surface area contributed by atoms with Gasteiger partial charge in [0.2, 0.25) is 0 Å². The second kappa shape index (κ2) is 14.2. The van der Waals surface area contributed by atoms with Crippen LogP contribution in [0.2, 0.25) is 0 Å². The molecule has 9 aromatic carbocycles. The molecule has 294 valence electrons. The van der Waals surface area contributed by atoms with E-state index >= 15 is 0 Å². The van der Waals surface area contributed by atoms with Crippen molar-refractivity contribution in [2.75, 3.05) is 0 Å². The zero-order valence-corrected chi connectivity index (χ0v) is 34.2. The largest absolute Gasteiger partial charge is 0.455 e. The number of fused-ring (bicyclic) bond motifs is 9. The minimum Gasteiger partial charge on any atom is -0.455 e. The molecule has 5 nitrogen and oxygen atoms in total. The molecule has 4 aromatic heterocycles. The monoisotopic (exact) mass is 827 g/mol. The number of nitrogens with zero attached hydrogens (tertiary/aromatic N) is 4. The first-order valence-corrected chi connectivity index (χ1v) is 21.5. The number of benzene rings is 9. The van der Waals surface area contributed by atoms with Crippen molar-refractivity contribution < 1.29 is 11.3 Å². The smallest absolute Gasteiger partial charge is 0.166 e. The Bertz CT molecular complexity index is 4150. The van der Waals surface area contributed by atoms with Gasteiger partial charge < -0.3 is 8.98 Å². The van der Waals surface area contributed by atoms with Crippen LogP contribution in [-0.4, -0.2) is 19.5 Å². The minimum atomic E-state index is -0.486. The lowest BCUT2D eigenvalue weighted by molar-refractivity contribution is 0.670. The van der Waals surface area contributed by atoms with Gasteiger partial charge in [-0.25, -0.2) is 15.0 Å². The number of para-hydroxylation sites is 5. The number of hydrogen-bond acceptors (Lipinski definition) is 5. The van der Waals surface area contributed by atoms with Crippen molar-refractivity contribution in [2.45, 2.75) is 0 Å². The van der Waals surface area contributed by atoms with Crippen molar-refractivity contribution in [3.8, 4) is 62.1 Å². The lowest BCUT2D eigenvalue weighted by atomic mass is 9.98. The lowest BCUT2D eigenvalue weighted by Gasteiger charge is -2.14. The van der Waals surface area contributed by atoms with Gasteiger partial charge in [0.05, 0.1) is 23.6 Å². The van der Waals surface area contributed by atoms with E-state index in [2.05, 4.69) is 102 Å². The summed E-state index contributed by atoms with van der Waals surface area (Å²) in [4.78, 5) is 14.9. The molecule has 0 aliphatic carbocycles. The van der Waals surface area contributed by atoms with Crippen molar-refractivity contribution in [1.29, 1.82) is 0 Å². The Balaban J connectivity index is 0.943. The normalized spacial score (nSPS) is 12.9. The molecule has 4 heterocycles. The molecule has 0 aliphatic rings. The van der Waals surface area contributed by atoms with E-state index < -0.39 is 18.1 Å². The van der Waals surface area contributed by atoms with Gasteiger partial charge in [-0.3, -0.25) is 0 Å². The van der Waals surface area contributed by atoms with Crippen LogP contribution in [0.25, 0.3) is 126 Å². The van der Waals surface area contributed by atoms with Crippen LogP contribution in [-0.2, 0) is 0 Å². The summed E-state index contributed by atoms with van der Waals surface area (Å²) in [5.74, 6) is 0.575. The molecule has 0 spiro atoms. The Morgan fingerprint density at radius 3 is 1.81 bits per heavy atom. The van der Waals surface area contributed by atoms with Crippen LogP contribution in [0.1, 0.15) is 6.85 Å². The number of furan rings is 1. The zero-order chi connectivity index (χ0) is 45.8. The highest BCUT2D eigenvalue weighted by Crippen LogP contribution is 2.44.